The zero-order valence-electron chi connectivity index (χ0n) is 11.8. The largest absolute Gasteiger partial charge is 0.492 e. The van der Waals surface area contributed by atoms with E-state index in [1.54, 1.807) is 13.8 Å². The minimum absolute atomic E-state index is 0.176. The molecule has 0 aliphatic carbocycles. The molecule has 4 nitrogen and oxygen atoms in total. The number of hydrogen-bond donors (Lipinski definition) is 1. The molecule has 0 saturated heterocycles. The molecule has 0 fully saturated rings. The van der Waals surface area contributed by atoms with Gasteiger partial charge in [-0.15, -0.1) is 0 Å². The first-order valence-corrected chi connectivity index (χ1v) is 8.25. The van der Waals surface area contributed by atoms with E-state index in [4.69, 9.17) is 4.74 Å². The summed E-state index contributed by atoms with van der Waals surface area (Å²) in [4.78, 5) is 0. The Morgan fingerprint density at radius 1 is 1.26 bits per heavy atom. The number of rotatable bonds is 8. The van der Waals surface area contributed by atoms with Crippen molar-refractivity contribution < 1.29 is 13.2 Å². The van der Waals surface area contributed by atoms with Crippen LogP contribution in [0.2, 0.25) is 0 Å². The van der Waals surface area contributed by atoms with Crippen molar-refractivity contribution in [3.05, 3.63) is 29.8 Å². The molecular formula is C14H23NO3S. The summed E-state index contributed by atoms with van der Waals surface area (Å²) in [5.74, 6) is 1.02. The van der Waals surface area contributed by atoms with E-state index in [0.29, 0.717) is 19.7 Å². The van der Waals surface area contributed by atoms with Crippen LogP contribution in [-0.2, 0) is 9.84 Å². The Bertz CT molecular complexity index is 483. The SMILES string of the molecule is Cc1cccc(OCCNCCS(=O)(=O)C(C)C)c1. The van der Waals surface area contributed by atoms with Gasteiger partial charge in [0, 0.05) is 13.1 Å². The molecule has 1 N–H and O–H groups in total. The van der Waals surface area contributed by atoms with Gasteiger partial charge in [-0.3, -0.25) is 0 Å². The normalized spacial score (nSPS) is 11.8. The lowest BCUT2D eigenvalue weighted by Crippen LogP contribution is -2.29. The maximum Gasteiger partial charge on any atom is 0.153 e. The van der Waals surface area contributed by atoms with Crippen LogP contribution in [0.5, 0.6) is 5.75 Å². The van der Waals surface area contributed by atoms with Gasteiger partial charge < -0.3 is 10.1 Å². The van der Waals surface area contributed by atoms with Gasteiger partial charge in [-0.2, -0.15) is 0 Å². The second kappa shape index (κ2) is 7.50. The molecule has 0 aliphatic rings. The van der Waals surface area contributed by atoms with Gasteiger partial charge >= 0.3 is 0 Å². The van der Waals surface area contributed by atoms with Gasteiger partial charge in [-0.1, -0.05) is 12.1 Å². The van der Waals surface area contributed by atoms with Crippen LogP contribution in [0.3, 0.4) is 0 Å². The fourth-order valence-electron chi connectivity index (χ4n) is 1.52. The van der Waals surface area contributed by atoms with E-state index in [2.05, 4.69) is 5.32 Å². The Hall–Kier alpha value is -1.07. The number of benzene rings is 1. The van der Waals surface area contributed by atoms with Gasteiger partial charge in [0.1, 0.15) is 12.4 Å². The summed E-state index contributed by atoms with van der Waals surface area (Å²) in [7, 11) is -2.95. The molecule has 0 radical (unpaired) electrons. The standard InChI is InChI=1S/C14H23NO3S/c1-12(2)19(16,17)10-8-15-7-9-18-14-6-4-5-13(3)11-14/h4-6,11-12,15H,7-10H2,1-3H3. The summed E-state index contributed by atoms with van der Waals surface area (Å²) in [5, 5.41) is 2.77. The van der Waals surface area contributed by atoms with Crippen molar-refractivity contribution in [2.24, 2.45) is 0 Å². The average molecular weight is 285 g/mol. The molecule has 0 unspecified atom stereocenters. The van der Waals surface area contributed by atoms with Gasteiger partial charge in [-0.25, -0.2) is 8.42 Å². The van der Waals surface area contributed by atoms with Crippen LogP contribution in [0.15, 0.2) is 24.3 Å². The quantitative estimate of drug-likeness (QED) is 0.740. The molecule has 0 spiro atoms. The lowest BCUT2D eigenvalue weighted by Gasteiger charge is -2.10. The van der Waals surface area contributed by atoms with Gasteiger partial charge in [0.15, 0.2) is 9.84 Å². The fraction of sp³-hybridized carbons (Fsp3) is 0.571. The highest BCUT2D eigenvalue weighted by Crippen LogP contribution is 2.11. The minimum Gasteiger partial charge on any atom is -0.492 e. The molecule has 1 aromatic rings. The number of aryl methyl sites for hydroxylation is 1. The first-order chi connectivity index (χ1) is 8.92. The van der Waals surface area contributed by atoms with E-state index in [0.717, 1.165) is 11.3 Å². The monoisotopic (exact) mass is 285 g/mol. The second-order valence-electron chi connectivity index (χ2n) is 4.83. The van der Waals surface area contributed by atoms with Crippen LogP contribution in [0.25, 0.3) is 0 Å². The van der Waals surface area contributed by atoms with E-state index in [9.17, 15) is 8.42 Å². The summed E-state index contributed by atoms with van der Waals surface area (Å²) in [5.41, 5.74) is 1.16. The third-order valence-electron chi connectivity index (χ3n) is 2.82. The maximum absolute atomic E-state index is 11.6. The number of ether oxygens (including phenoxy) is 1. The zero-order valence-corrected chi connectivity index (χ0v) is 12.7. The van der Waals surface area contributed by atoms with Crippen molar-refractivity contribution >= 4 is 9.84 Å². The van der Waals surface area contributed by atoms with Crippen LogP contribution in [0, 0.1) is 6.92 Å². The van der Waals surface area contributed by atoms with E-state index in [1.165, 1.54) is 0 Å². The highest BCUT2D eigenvalue weighted by Gasteiger charge is 2.14. The lowest BCUT2D eigenvalue weighted by atomic mass is 10.2. The molecule has 0 bridgehead atoms. The Balaban J connectivity index is 2.15. The zero-order chi connectivity index (χ0) is 14.3. The fourth-order valence-corrected chi connectivity index (χ4v) is 2.42. The van der Waals surface area contributed by atoms with E-state index in [1.807, 2.05) is 31.2 Å². The smallest absolute Gasteiger partial charge is 0.153 e. The average Bonchev–Trinajstić information content (AvgIpc) is 2.33. The Morgan fingerprint density at radius 3 is 2.63 bits per heavy atom. The Morgan fingerprint density at radius 2 is 2.00 bits per heavy atom. The molecule has 1 rings (SSSR count). The molecule has 0 heterocycles. The Kier molecular flexibility index (Phi) is 6.31. The lowest BCUT2D eigenvalue weighted by molar-refractivity contribution is 0.315. The molecule has 1 aromatic carbocycles. The Labute approximate surface area is 116 Å². The van der Waals surface area contributed by atoms with Crippen molar-refractivity contribution in [3.8, 4) is 5.75 Å². The van der Waals surface area contributed by atoms with Crippen LogP contribution >= 0.6 is 0 Å². The van der Waals surface area contributed by atoms with Crippen LogP contribution < -0.4 is 10.1 Å². The first kappa shape index (κ1) is 16.0. The molecule has 0 aliphatic heterocycles. The number of nitrogens with one attached hydrogen (secondary N) is 1. The summed E-state index contributed by atoms with van der Waals surface area (Å²) < 4.78 is 28.7. The van der Waals surface area contributed by atoms with Crippen molar-refractivity contribution in [1.29, 1.82) is 0 Å². The van der Waals surface area contributed by atoms with Crippen LogP contribution in [0.4, 0.5) is 0 Å². The molecule has 19 heavy (non-hydrogen) atoms. The van der Waals surface area contributed by atoms with Crippen LogP contribution in [-0.4, -0.2) is 39.1 Å². The van der Waals surface area contributed by atoms with Crippen molar-refractivity contribution in [3.63, 3.8) is 0 Å². The summed E-state index contributed by atoms with van der Waals surface area (Å²) in [6.45, 7) is 7.07. The summed E-state index contributed by atoms with van der Waals surface area (Å²) in [6, 6.07) is 7.86. The first-order valence-electron chi connectivity index (χ1n) is 6.53. The molecular weight excluding hydrogens is 262 g/mol. The molecule has 0 amide bonds. The third-order valence-corrected chi connectivity index (χ3v) is 5.03. The topological polar surface area (TPSA) is 55.4 Å². The van der Waals surface area contributed by atoms with E-state index in [-0.39, 0.29) is 11.0 Å². The minimum atomic E-state index is -2.95. The predicted octanol–water partition coefficient (Wildman–Crippen LogP) is 1.79. The second-order valence-corrected chi connectivity index (χ2v) is 7.51. The summed E-state index contributed by atoms with van der Waals surface area (Å²) >= 11 is 0. The van der Waals surface area contributed by atoms with Gasteiger partial charge in [0.25, 0.3) is 0 Å². The predicted molar refractivity (Wildman–Crippen MR) is 78.5 cm³/mol. The number of sulfone groups is 1. The van der Waals surface area contributed by atoms with Crippen LogP contribution in [0.1, 0.15) is 19.4 Å². The molecule has 0 aromatic heterocycles. The van der Waals surface area contributed by atoms with Crippen molar-refractivity contribution in [2.45, 2.75) is 26.0 Å². The summed E-state index contributed by atoms with van der Waals surface area (Å²) in [6.07, 6.45) is 0. The molecule has 5 heteroatoms. The third kappa shape index (κ3) is 6.07. The van der Waals surface area contributed by atoms with E-state index >= 15 is 0 Å². The highest BCUT2D eigenvalue weighted by atomic mass is 32.2. The highest BCUT2D eigenvalue weighted by molar-refractivity contribution is 7.92. The molecule has 0 atom stereocenters. The molecule has 108 valence electrons. The van der Waals surface area contributed by atoms with Crippen molar-refractivity contribution in [2.75, 3.05) is 25.4 Å². The van der Waals surface area contributed by atoms with Gasteiger partial charge in [0.05, 0.1) is 11.0 Å². The number of hydrogen-bond acceptors (Lipinski definition) is 4. The molecule has 0 saturated carbocycles. The van der Waals surface area contributed by atoms with Gasteiger partial charge in [0.2, 0.25) is 0 Å². The van der Waals surface area contributed by atoms with Gasteiger partial charge in [-0.05, 0) is 38.5 Å². The van der Waals surface area contributed by atoms with Crippen molar-refractivity contribution in [1.82, 2.24) is 5.32 Å². The van der Waals surface area contributed by atoms with E-state index < -0.39 is 9.84 Å². The maximum atomic E-state index is 11.6.